The van der Waals surface area contributed by atoms with Crippen molar-refractivity contribution in [3.05, 3.63) is 0 Å². The van der Waals surface area contributed by atoms with Crippen molar-refractivity contribution in [3.63, 3.8) is 0 Å². The lowest BCUT2D eigenvalue weighted by Gasteiger charge is -2.29. The van der Waals surface area contributed by atoms with E-state index in [0.29, 0.717) is 32.2 Å². The van der Waals surface area contributed by atoms with Crippen LogP contribution in [-0.4, -0.2) is 53.8 Å². The van der Waals surface area contributed by atoms with Crippen LogP contribution < -0.4 is 5.32 Å². The Balaban J connectivity index is 1.77. The zero-order valence-corrected chi connectivity index (χ0v) is 14.8. The molecule has 1 saturated heterocycles. The summed E-state index contributed by atoms with van der Waals surface area (Å²) in [4.78, 5) is 25.6. The van der Waals surface area contributed by atoms with Crippen molar-refractivity contribution < 1.29 is 19.1 Å². The molecule has 132 valence electrons. The molecule has 1 heterocycles. The van der Waals surface area contributed by atoms with Gasteiger partial charge in [-0.3, -0.25) is 4.79 Å². The Labute approximate surface area is 138 Å². The van der Waals surface area contributed by atoms with E-state index in [9.17, 15) is 9.59 Å². The summed E-state index contributed by atoms with van der Waals surface area (Å²) in [5.74, 6) is 0.0562. The van der Waals surface area contributed by atoms with Crippen LogP contribution in [0.25, 0.3) is 0 Å². The summed E-state index contributed by atoms with van der Waals surface area (Å²) in [6.45, 7) is 9.21. The molecule has 6 nitrogen and oxygen atoms in total. The minimum atomic E-state index is -0.490. The second-order valence-corrected chi connectivity index (χ2v) is 7.63. The van der Waals surface area contributed by atoms with E-state index in [-0.39, 0.29) is 17.6 Å². The van der Waals surface area contributed by atoms with Gasteiger partial charge < -0.3 is 19.7 Å². The van der Waals surface area contributed by atoms with E-state index in [1.165, 1.54) is 0 Å². The highest BCUT2D eigenvalue weighted by atomic mass is 16.6. The maximum absolute atomic E-state index is 12.2. The van der Waals surface area contributed by atoms with Crippen LogP contribution in [0.1, 0.15) is 59.8 Å². The van der Waals surface area contributed by atoms with Gasteiger partial charge in [0.25, 0.3) is 0 Å². The molecule has 0 aromatic rings. The van der Waals surface area contributed by atoms with Gasteiger partial charge in [-0.05, 0) is 46.5 Å². The van der Waals surface area contributed by atoms with Crippen LogP contribution >= 0.6 is 0 Å². The number of amides is 2. The van der Waals surface area contributed by atoms with Gasteiger partial charge in [0.05, 0.1) is 18.8 Å². The van der Waals surface area contributed by atoms with Crippen molar-refractivity contribution in [1.82, 2.24) is 10.2 Å². The van der Waals surface area contributed by atoms with Gasteiger partial charge in [0, 0.05) is 19.0 Å². The predicted octanol–water partition coefficient (Wildman–Crippen LogP) is 2.46. The first-order valence-electron chi connectivity index (χ1n) is 8.64. The zero-order chi connectivity index (χ0) is 17.1. The summed E-state index contributed by atoms with van der Waals surface area (Å²) in [7, 11) is 0. The summed E-state index contributed by atoms with van der Waals surface area (Å²) in [6, 6.07) is 0.386. The highest BCUT2D eigenvalue weighted by Gasteiger charge is 2.41. The van der Waals surface area contributed by atoms with Crippen LogP contribution in [0.15, 0.2) is 0 Å². The Morgan fingerprint density at radius 1 is 1.30 bits per heavy atom. The molecular formula is C17H30N2O4. The first-order chi connectivity index (χ1) is 10.7. The van der Waals surface area contributed by atoms with Gasteiger partial charge in [0.15, 0.2) is 0 Å². The number of carbonyl (C=O) groups excluding carboxylic acids is 2. The molecule has 2 amide bonds. The summed E-state index contributed by atoms with van der Waals surface area (Å²) in [5, 5.41) is 2.96. The number of rotatable bonds is 6. The highest BCUT2D eigenvalue weighted by Crippen LogP contribution is 2.30. The molecule has 1 aliphatic carbocycles. The lowest BCUT2D eigenvalue weighted by Crippen LogP contribution is -2.40. The number of hydrogen-bond acceptors (Lipinski definition) is 4. The van der Waals surface area contributed by atoms with Crippen molar-refractivity contribution in [3.8, 4) is 0 Å². The molecule has 1 N–H and O–H groups in total. The van der Waals surface area contributed by atoms with Crippen LogP contribution in [0, 0.1) is 0 Å². The van der Waals surface area contributed by atoms with E-state index in [2.05, 4.69) is 12.2 Å². The molecule has 6 heteroatoms. The third-order valence-corrected chi connectivity index (χ3v) is 4.29. The lowest BCUT2D eigenvalue weighted by molar-refractivity contribution is -0.124. The molecule has 1 aliphatic heterocycles. The molecular weight excluding hydrogens is 296 g/mol. The lowest BCUT2D eigenvalue weighted by atomic mass is 10.00. The van der Waals surface area contributed by atoms with Crippen LogP contribution in [0.5, 0.6) is 0 Å². The molecule has 0 aromatic carbocycles. The van der Waals surface area contributed by atoms with Crippen molar-refractivity contribution in [1.29, 1.82) is 0 Å². The predicted molar refractivity (Wildman–Crippen MR) is 87.2 cm³/mol. The monoisotopic (exact) mass is 326 g/mol. The minimum absolute atomic E-state index is 0.0562. The molecule has 0 bridgehead atoms. The van der Waals surface area contributed by atoms with Gasteiger partial charge >= 0.3 is 6.09 Å². The topological polar surface area (TPSA) is 67.9 Å². The maximum Gasteiger partial charge on any atom is 0.410 e. The van der Waals surface area contributed by atoms with Gasteiger partial charge in [0.2, 0.25) is 5.91 Å². The standard InChI is InChI=1S/C17H30N2O4/c1-5-17(22-11-8-14(20)18-13-6-7-13)9-10-19(12-17)15(21)23-16(2,3)4/h13H,5-12H2,1-4H3,(H,18,20). The average molecular weight is 326 g/mol. The Morgan fingerprint density at radius 2 is 2.00 bits per heavy atom. The van der Waals surface area contributed by atoms with E-state index in [1.807, 2.05) is 20.8 Å². The van der Waals surface area contributed by atoms with Gasteiger partial charge in [-0.1, -0.05) is 6.92 Å². The smallest absolute Gasteiger partial charge is 0.410 e. The summed E-state index contributed by atoms with van der Waals surface area (Å²) < 4.78 is 11.4. The SMILES string of the molecule is CCC1(OCCC(=O)NC2CC2)CCN(C(=O)OC(C)(C)C)C1. The zero-order valence-electron chi connectivity index (χ0n) is 14.8. The number of ether oxygens (including phenoxy) is 2. The maximum atomic E-state index is 12.2. The molecule has 1 unspecified atom stereocenters. The van der Waals surface area contributed by atoms with Crippen LogP contribution in [0.2, 0.25) is 0 Å². The molecule has 0 aromatic heterocycles. The number of hydrogen-bond donors (Lipinski definition) is 1. The number of nitrogens with zero attached hydrogens (tertiary/aromatic N) is 1. The molecule has 1 atom stereocenters. The molecule has 2 fully saturated rings. The number of likely N-dealkylation sites (tertiary alicyclic amines) is 1. The third kappa shape index (κ3) is 5.68. The first-order valence-corrected chi connectivity index (χ1v) is 8.64. The van der Waals surface area contributed by atoms with Crippen LogP contribution in [0.4, 0.5) is 4.79 Å². The summed E-state index contributed by atoms with van der Waals surface area (Å²) in [6.07, 6.45) is 3.88. The molecule has 0 spiro atoms. The van der Waals surface area contributed by atoms with E-state index in [0.717, 1.165) is 25.7 Å². The molecule has 1 saturated carbocycles. The quantitative estimate of drug-likeness (QED) is 0.814. The Morgan fingerprint density at radius 3 is 2.57 bits per heavy atom. The van der Waals surface area contributed by atoms with Gasteiger partial charge in [-0.15, -0.1) is 0 Å². The van der Waals surface area contributed by atoms with Crippen LogP contribution in [0.3, 0.4) is 0 Å². The van der Waals surface area contributed by atoms with Crippen molar-refractivity contribution in [2.24, 2.45) is 0 Å². The largest absolute Gasteiger partial charge is 0.444 e. The average Bonchev–Trinajstić information content (AvgIpc) is 3.14. The van der Waals surface area contributed by atoms with E-state index in [4.69, 9.17) is 9.47 Å². The fourth-order valence-electron chi connectivity index (χ4n) is 2.72. The number of nitrogens with one attached hydrogen (secondary N) is 1. The van der Waals surface area contributed by atoms with E-state index in [1.54, 1.807) is 4.90 Å². The Bertz CT molecular complexity index is 442. The summed E-state index contributed by atoms with van der Waals surface area (Å²) >= 11 is 0. The van der Waals surface area contributed by atoms with Crippen LogP contribution in [-0.2, 0) is 14.3 Å². The van der Waals surface area contributed by atoms with E-state index >= 15 is 0 Å². The van der Waals surface area contributed by atoms with Gasteiger partial charge in [-0.25, -0.2) is 4.79 Å². The van der Waals surface area contributed by atoms with Crippen molar-refractivity contribution >= 4 is 12.0 Å². The Hall–Kier alpha value is -1.30. The Kier molecular flexibility index (Phi) is 5.55. The fourth-order valence-corrected chi connectivity index (χ4v) is 2.72. The molecule has 23 heavy (non-hydrogen) atoms. The van der Waals surface area contributed by atoms with Crippen molar-refractivity contribution in [2.75, 3.05) is 19.7 Å². The van der Waals surface area contributed by atoms with Gasteiger partial charge in [0.1, 0.15) is 5.60 Å². The van der Waals surface area contributed by atoms with Crippen molar-refractivity contribution in [2.45, 2.75) is 77.0 Å². The molecule has 0 radical (unpaired) electrons. The van der Waals surface area contributed by atoms with Gasteiger partial charge in [-0.2, -0.15) is 0 Å². The second-order valence-electron chi connectivity index (χ2n) is 7.63. The van der Waals surface area contributed by atoms with E-state index < -0.39 is 5.60 Å². The fraction of sp³-hybridized carbons (Fsp3) is 0.882. The second kappa shape index (κ2) is 7.07. The first kappa shape index (κ1) is 18.0. The molecule has 2 rings (SSSR count). The normalized spacial score (nSPS) is 24.6. The molecule has 2 aliphatic rings. The summed E-state index contributed by atoms with van der Waals surface area (Å²) in [5.41, 5.74) is -0.840. The third-order valence-electron chi connectivity index (χ3n) is 4.29. The number of carbonyl (C=O) groups is 2. The highest BCUT2D eigenvalue weighted by molar-refractivity contribution is 5.76. The minimum Gasteiger partial charge on any atom is -0.444 e.